The smallest absolute Gasteiger partial charge is 0.251 e. The Hall–Kier alpha value is -3.09. The average Bonchev–Trinajstić information content (AvgIpc) is 3.26. The Morgan fingerprint density at radius 1 is 0.933 bits per heavy atom. The van der Waals surface area contributed by atoms with E-state index in [0.29, 0.717) is 30.3 Å². The lowest BCUT2D eigenvalue weighted by atomic mass is 10.1. The molecule has 2 amide bonds. The second kappa shape index (κ2) is 11.2. The van der Waals surface area contributed by atoms with Gasteiger partial charge in [0.2, 0.25) is 5.91 Å². The summed E-state index contributed by atoms with van der Waals surface area (Å²) in [5.74, 6) is 0.411. The van der Waals surface area contributed by atoms with Crippen molar-refractivity contribution in [2.45, 2.75) is 26.2 Å². The highest BCUT2D eigenvalue weighted by molar-refractivity contribution is 6.30. The molecule has 3 rings (SSSR count). The molecule has 0 fully saturated rings. The van der Waals surface area contributed by atoms with Crippen LogP contribution in [0.1, 0.15) is 33.7 Å². The minimum absolute atomic E-state index is 0.133. The molecule has 3 aromatic rings. The van der Waals surface area contributed by atoms with Gasteiger partial charge in [0.15, 0.2) is 0 Å². The minimum Gasteiger partial charge on any atom is -0.467 e. The van der Waals surface area contributed by atoms with Crippen molar-refractivity contribution >= 4 is 23.4 Å². The van der Waals surface area contributed by atoms with Gasteiger partial charge in [0.1, 0.15) is 12.4 Å². The van der Waals surface area contributed by atoms with Crippen molar-refractivity contribution < 1.29 is 18.7 Å². The van der Waals surface area contributed by atoms with Gasteiger partial charge in [-0.15, -0.1) is 0 Å². The first-order chi connectivity index (χ1) is 14.6. The molecule has 0 aliphatic heterocycles. The van der Waals surface area contributed by atoms with Crippen molar-refractivity contribution in [2.75, 3.05) is 6.54 Å². The fraction of sp³-hybridized carbons (Fsp3) is 0.217. The molecule has 30 heavy (non-hydrogen) atoms. The number of nitrogens with one attached hydrogen (secondary N) is 2. The quantitative estimate of drug-likeness (QED) is 0.511. The number of rotatable bonds is 10. The summed E-state index contributed by atoms with van der Waals surface area (Å²) in [5.41, 5.74) is 2.50. The topological polar surface area (TPSA) is 80.6 Å². The van der Waals surface area contributed by atoms with E-state index in [0.717, 1.165) is 16.9 Å². The molecule has 2 aromatic carbocycles. The SMILES string of the molecule is O=C(CCNC(=O)c1ccc(Cl)cc1)NCc1cccc(COCc2ccco2)c1. The summed E-state index contributed by atoms with van der Waals surface area (Å²) < 4.78 is 10.9. The number of furan rings is 1. The largest absolute Gasteiger partial charge is 0.467 e. The van der Waals surface area contributed by atoms with Crippen LogP contribution in [0.15, 0.2) is 71.3 Å². The average molecular weight is 427 g/mol. The van der Waals surface area contributed by atoms with Crippen LogP contribution < -0.4 is 10.6 Å². The van der Waals surface area contributed by atoms with Crippen molar-refractivity contribution in [3.63, 3.8) is 0 Å². The molecule has 0 bridgehead atoms. The maximum absolute atomic E-state index is 12.1. The van der Waals surface area contributed by atoms with E-state index in [1.165, 1.54) is 0 Å². The van der Waals surface area contributed by atoms with Crippen molar-refractivity contribution in [3.05, 3.63) is 94.4 Å². The van der Waals surface area contributed by atoms with E-state index in [-0.39, 0.29) is 24.8 Å². The molecule has 0 spiro atoms. The van der Waals surface area contributed by atoms with E-state index in [2.05, 4.69) is 10.6 Å². The van der Waals surface area contributed by atoms with Crippen molar-refractivity contribution in [1.82, 2.24) is 10.6 Å². The zero-order valence-electron chi connectivity index (χ0n) is 16.4. The number of hydrogen-bond acceptors (Lipinski definition) is 4. The third-order valence-electron chi connectivity index (χ3n) is 4.32. The first-order valence-electron chi connectivity index (χ1n) is 9.58. The van der Waals surface area contributed by atoms with Crippen LogP contribution in [-0.4, -0.2) is 18.4 Å². The highest BCUT2D eigenvalue weighted by Gasteiger charge is 2.07. The number of halogens is 1. The van der Waals surface area contributed by atoms with Crippen molar-refractivity contribution in [3.8, 4) is 0 Å². The van der Waals surface area contributed by atoms with E-state index < -0.39 is 0 Å². The lowest BCUT2D eigenvalue weighted by Gasteiger charge is -2.09. The summed E-state index contributed by atoms with van der Waals surface area (Å²) in [6, 6.07) is 18.1. The monoisotopic (exact) mass is 426 g/mol. The predicted octanol–water partition coefficient (Wildman–Crippen LogP) is 4.09. The number of benzene rings is 2. The summed E-state index contributed by atoms with van der Waals surface area (Å²) in [5, 5.41) is 6.15. The summed E-state index contributed by atoms with van der Waals surface area (Å²) in [4.78, 5) is 24.1. The van der Waals surface area contributed by atoms with Gasteiger partial charge in [-0.2, -0.15) is 0 Å². The molecule has 156 valence electrons. The molecule has 0 unspecified atom stereocenters. The molecular formula is C23H23ClN2O4. The van der Waals surface area contributed by atoms with Crippen LogP contribution in [0.4, 0.5) is 0 Å². The van der Waals surface area contributed by atoms with E-state index in [9.17, 15) is 9.59 Å². The van der Waals surface area contributed by atoms with Crippen LogP contribution in [0.3, 0.4) is 0 Å². The minimum atomic E-state index is -0.235. The number of carbonyl (C=O) groups is 2. The number of amides is 2. The van der Waals surface area contributed by atoms with Gasteiger partial charge in [0.05, 0.1) is 12.9 Å². The molecule has 0 atom stereocenters. The molecule has 0 aliphatic rings. The lowest BCUT2D eigenvalue weighted by molar-refractivity contribution is -0.121. The maximum atomic E-state index is 12.1. The molecule has 0 aliphatic carbocycles. The summed E-state index contributed by atoms with van der Waals surface area (Å²) >= 11 is 5.81. The van der Waals surface area contributed by atoms with Gasteiger partial charge in [-0.3, -0.25) is 9.59 Å². The highest BCUT2D eigenvalue weighted by atomic mass is 35.5. The Bertz CT molecular complexity index is 956. The summed E-state index contributed by atoms with van der Waals surface area (Å²) in [6.07, 6.45) is 1.82. The Kier molecular flexibility index (Phi) is 8.06. The van der Waals surface area contributed by atoms with Crippen molar-refractivity contribution in [2.24, 2.45) is 0 Å². The Balaban J connectivity index is 1.35. The molecule has 2 N–H and O–H groups in total. The van der Waals surface area contributed by atoms with Crippen molar-refractivity contribution in [1.29, 1.82) is 0 Å². The van der Waals surface area contributed by atoms with Gasteiger partial charge in [0.25, 0.3) is 5.91 Å². The lowest BCUT2D eigenvalue weighted by Crippen LogP contribution is -2.30. The van der Waals surface area contributed by atoms with E-state index in [1.54, 1.807) is 30.5 Å². The molecule has 0 saturated heterocycles. The molecule has 7 heteroatoms. The Morgan fingerprint density at radius 3 is 2.50 bits per heavy atom. The zero-order chi connectivity index (χ0) is 21.2. The molecule has 1 aromatic heterocycles. The first-order valence-corrected chi connectivity index (χ1v) is 9.96. The van der Waals surface area contributed by atoms with Crippen LogP contribution in [0.2, 0.25) is 5.02 Å². The third-order valence-corrected chi connectivity index (χ3v) is 4.57. The van der Waals surface area contributed by atoms with Crippen LogP contribution in [0.5, 0.6) is 0 Å². The Labute approximate surface area is 180 Å². The first kappa shape index (κ1) is 21.6. The van der Waals surface area contributed by atoms with E-state index in [4.69, 9.17) is 20.8 Å². The standard InChI is InChI=1S/C23H23ClN2O4/c24-20-8-6-19(7-9-20)23(28)25-11-10-22(27)26-14-17-3-1-4-18(13-17)15-29-16-21-5-2-12-30-21/h1-9,12-13H,10-11,14-16H2,(H,25,28)(H,26,27). The van der Waals surface area contributed by atoms with E-state index in [1.807, 2.05) is 36.4 Å². The number of ether oxygens (including phenoxy) is 1. The number of hydrogen-bond donors (Lipinski definition) is 2. The normalized spacial score (nSPS) is 10.6. The van der Waals surface area contributed by atoms with Gasteiger partial charge in [-0.05, 0) is 47.5 Å². The van der Waals surface area contributed by atoms with E-state index >= 15 is 0 Å². The van der Waals surface area contributed by atoms with Crippen LogP contribution in [0.25, 0.3) is 0 Å². The molecule has 0 radical (unpaired) electrons. The summed E-state index contributed by atoms with van der Waals surface area (Å²) in [6.45, 7) is 1.54. The third kappa shape index (κ3) is 7.06. The second-order valence-electron chi connectivity index (χ2n) is 6.68. The molecule has 0 saturated carbocycles. The van der Waals surface area contributed by atoms with Gasteiger partial charge in [-0.25, -0.2) is 0 Å². The van der Waals surface area contributed by atoms with Gasteiger partial charge >= 0.3 is 0 Å². The fourth-order valence-electron chi connectivity index (χ4n) is 2.78. The maximum Gasteiger partial charge on any atom is 0.251 e. The highest BCUT2D eigenvalue weighted by Crippen LogP contribution is 2.10. The zero-order valence-corrected chi connectivity index (χ0v) is 17.2. The molecule has 1 heterocycles. The predicted molar refractivity (Wildman–Crippen MR) is 114 cm³/mol. The molecular weight excluding hydrogens is 404 g/mol. The van der Waals surface area contributed by atoms with Crippen LogP contribution >= 0.6 is 11.6 Å². The van der Waals surface area contributed by atoms with Gasteiger partial charge in [0, 0.05) is 30.1 Å². The van der Waals surface area contributed by atoms with Crippen LogP contribution in [-0.2, 0) is 29.3 Å². The summed E-state index contributed by atoms with van der Waals surface area (Å²) in [7, 11) is 0. The molecule has 6 nitrogen and oxygen atoms in total. The Morgan fingerprint density at radius 2 is 1.73 bits per heavy atom. The number of carbonyl (C=O) groups excluding carboxylic acids is 2. The fourth-order valence-corrected chi connectivity index (χ4v) is 2.90. The van der Waals surface area contributed by atoms with Gasteiger partial charge < -0.3 is 19.8 Å². The second-order valence-corrected chi connectivity index (χ2v) is 7.12. The van der Waals surface area contributed by atoms with Crippen LogP contribution in [0, 0.1) is 0 Å². The van der Waals surface area contributed by atoms with Gasteiger partial charge in [-0.1, -0.05) is 35.9 Å².